The number of carboxylic acid groups (broad SMARTS) is 1. The van der Waals surface area contributed by atoms with Crippen molar-refractivity contribution in [1.82, 2.24) is 9.97 Å². The topological polar surface area (TPSA) is 78.0 Å². The van der Waals surface area contributed by atoms with Gasteiger partial charge in [0.05, 0.1) is 29.1 Å². The van der Waals surface area contributed by atoms with E-state index >= 15 is 0 Å². The van der Waals surface area contributed by atoms with E-state index in [0.717, 1.165) is 5.56 Å². The van der Waals surface area contributed by atoms with Crippen LogP contribution in [-0.2, 0) is 0 Å². The molecule has 0 spiro atoms. The molecule has 0 aliphatic rings. The van der Waals surface area contributed by atoms with Crippen LogP contribution in [0.2, 0.25) is 5.02 Å². The molecule has 0 bridgehead atoms. The van der Waals surface area contributed by atoms with E-state index in [1.807, 2.05) is 12.1 Å². The molecule has 0 unspecified atom stereocenters. The van der Waals surface area contributed by atoms with E-state index in [1.165, 1.54) is 6.07 Å². The molecule has 1 heterocycles. The van der Waals surface area contributed by atoms with Gasteiger partial charge in [0, 0.05) is 5.56 Å². The number of aromatic carboxylic acids is 1. The monoisotopic (exact) mass is 327 g/mol. The van der Waals surface area contributed by atoms with Gasteiger partial charge in [-0.15, -0.1) is 0 Å². The van der Waals surface area contributed by atoms with Crippen LogP contribution in [0.4, 0.5) is 0 Å². The van der Waals surface area contributed by atoms with Gasteiger partial charge in [-0.2, -0.15) is 0 Å². The van der Waals surface area contributed by atoms with E-state index in [-0.39, 0.29) is 5.56 Å². The van der Waals surface area contributed by atoms with Crippen molar-refractivity contribution in [3.63, 3.8) is 0 Å². The number of carbonyl (C=O) groups excluding carboxylic acids is 1. The van der Waals surface area contributed by atoms with Gasteiger partial charge in [-0.3, -0.25) is 0 Å². The highest BCUT2D eigenvalue weighted by Gasteiger charge is 2.06. The number of benzene rings is 2. The number of fused-ring (bicyclic) bond motifs is 1. The number of aromatic amines is 1. The molecule has 5 nitrogen and oxygen atoms in total. The Kier molecular flexibility index (Phi) is 4.04. The number of ether oxygens (including phenoxy) is 1. The molecule has 0 atom stereocenters. The minimum Gasteiger partial charge on any atom is -0.545 e. The highest BCUT2D eigenvalue weighted by Crippen LogP contribution is 2.25. The summed E-state index contributed by atoms with van der Waals surface area (Å²) in [5.74, 6) is -0.105. The summed E-state index contributed by atoms with van der Waals surface area (Å²) < 4.78 is 5.10. The summed E-state index contributed by atoms with van der Waals surface area (Å²) in [6, 6.07) is 10.3. The van der Waals surface area contributed by atoms with E-state index in [2.05, 4.69) is 9.97 Å². The standard InChI is InChI=1S/C17H13ClN2O3/c1-23-14-7-5-10(9-12(14)18)6-8-15-19-13-4-2-3-11(17(21)22)16(13)20-15/h2-9H,1H3,(H,19,20)(H,21,22)/p-1/b8-6+. The number of methoxy groups -OCH3 is 1. The number of imidazole rings is 1. The van der Waals surface area contributed by atoms with Crippen molar-refractivity contribution in [2.45, 2.75) is 0 Å². The summed E-state index contributed by atoms with van der Waals surface area (Å²) in [6.07, 6.45) is 3.57. The summed E-state index contributed by atoms with van der Waals surface area (Å²) >= 11 is 6.08. The number of hydrogen-bond donors (Lipinski definition) is 1. The molecule has 0 fully saturated rings. The van der Waals surface area contributed by atoms with Crippen LogP contribution in [0.1, 0.15) is 21.7 Å². The third-order valence-electron chi connectivity index (χ3n) is 3.36. The normalized spacial score (nSPS) is 11.2. The lowest BCUT2D eigenvalue weighted by molar-refractivity contribution is -0.254. The fourth-order valence-corrected chi connectivity index (χ4v) is 2.52. The van der Waals surface area contributed by atoms with Crippen molar-refractivity contribution < 1.29 is 14.6 Å². The number of H-pyrrole nitrogens is 1. The molecule has 0 saturated heterocycles. The van der Waals surface area contributed by atoms with Crippen LogP contribution in [0, 0.1) is 0 Å². The number of nitrogens with zero attached hydrogens (tertiary/aromatic N) is 1. The lowest BCUT2D eigenvalue weighted by Gasteiger charge is -2.02. The highest BCUT2D eigenvalue weighted by atomic mass is 35.5. The van der Waals surface area contributed by atoms with Gasteiger partial charge in [-0.05, 0) is 29.8 Å². The van der Waals surface area contributed by atoms with Gasteiger partial charge in [-0.25, -0.2) is 4.98 Å². The second-order valence-electron chi connectivity index (χ2n) is 4.84. The van der Waals surface area contributed by atoms with Crippen molar-refractivity contribution in [1.29, 1.82) is 0 Å². The molecule has 2 aromatic carbocycles. The quantitative estimate of drug-likeness (QED) is 0.799. The smallest absolute Gasteiger partial charge is 0.137 e. The number of nitrogens with one attached hydrogen (secondary N) is 1. The number of aromatic nitrogens is 2. The van der Waals surface area contributed by atoms with E-state index < -0.39 is 5.97 Å². The molecule has 116 valence electrons. The Bertz CT molecular complexity index is 915. The lowest BCUT2D eigenvalue weighted by atomic mass is 10.2. The van der Waals surface area contributed by atoms with Gasteiger partial charge in [0.1, 0.15) is 11.6 Å². The molecule has 1 N–H and O–H groups in total. The van der Waals surface area contributed by atoms with Crippen LogP contribution in [0.25, 0.3) is 23.2 Å². The summed E-state index contributed by atoms with van der Waals surface area (Å²) in [7, 11) is 1.56. The predicted octanol–water partition coefficient (Wildman–Crippen LogP) is 2.76. The van der Waals surface area contributed by atoms with Crippen LogP contribution in [0.5, 0.6) is 5.75 Å². The lowest BCUT2D eigenvalue weighted by Crippen LogP contribution is -2.22. The van der Waals surface area contributed by atoms with E-state index in [1.54, 1.807) is 37.5 Å². The average molecular weight is 328 g/mol. The molecule has 3 rings (SSSR count). The maximum absolute atomic E-state index is 11.1. The van der Waals surface area contributed by atoms with Gasteiger partial charge >= 0.3 is 0 Å². The summed E-state index contributed by atoms with van der Waals surface area (Å²) in [5.41, 5.74) is 1.95. The Morgan fingerprint density at radius 3 is 2.83 bits per heavy atom. The largest absolute Gasteiger partial charge is 0.545 e. The molecule has 0 radical (unpaired) electrons. The summed E-state index contributed by atoms with van der Waals surface area (Å²) in [4.78, 5) is 18.4. The van der Waals surface area contributed by atoms with Gasteiger partial charge < -0.3 is 19.6 Å². The first kappa shape index (κ1) is 15.1. The molecule has 3 aromatic rings. The minimum atomic E-state index is -1.25. The maximum atomic E-state index is 11.1. The second-order valence-corrected chi connectivity index (χ2v) is 5.25. The first-order valence-electron chi connectivity index (χ1n) is 6.80. The van der Waals surface area contributed by atoms with Crippen molar-refractivity contribution in [2.24, 2.45) is 0 Å². The molecule has 0 saturated carbocycles. The minimum absolute atomic E-state index is 0.0610. The van der Waals surface area contributed by atoms with E-state index in [9.17, 15) is 9.90 Å². The van der Waals surface area contributed by atoms with Crippen molar-refractivity contribution in [2.75, 3.05) is 7.11 Å². The third-order valence-corrected chi connectivity index (χ3v) is 3.66. The van der Waals surface area contributed by atoms with Crippen molar-refractivity contribution in [3.05, 3.63) is 58.4 Å². The summed E-state index contributed by atoms with van der Waals surface area (Å²) in [6.45, 7) is 0. The molecule has 6 heteroatoms. The van der Waals surface area contributed by atoms with Crippen LogP contribution in [0.15, 0.2) is 36.4 Å². The molecule has 0 aliphatic heterocycles. The number of hydrogen-bond acceptors (Lipinski definition) is 4. The fourth-order valence-electron chi connectivity index (χ4n) is 2.26. The van der Waals surface area contributed by atoms with Gasteiger partial charge in [0.2, 0.25) is 0 Å². The van der Waals surface area contributed by atoms with Crippen LogP contribution >= 0.6 is 11.6 Å². The fraction of sp³-hybridized carbons (Fsp3) is 0.0588. The third kappa shape index (κ3) is 3.05. The molecule has 23 heavy (non-hydrogen) atoms. The number of para-hydroxylation sites is 1. The zero-order valence-corrected chi connectivity index (χ0v) is 12.9. The average Bonchev–Trinajstić information content (AvgIpc) is 2.95. The van der Waals surface area contributed by atoms with E-state index in [0.29, 0.717) is 27.6 Å². The Balaban J connectivity index is 1.94. The number of rotatable bonds is 4. The first-order chi connectivity index (χ1) is 11.1. The maximum Gasteiger partial charge on any atom is 0.137 e. The predicted molar refractivity (Wildman–Crippen MR) is 87.4 cm³/mol. The van der Waals surface area contributed by atoms with Gasteiger partial charge in [0.15, 0.2) is 0 Å². The van der Waals surface area contributed by atoms with Crippen molar-refractivity contribution in [3.8, 4) is 5.75 Å². The van der Waals surface area contributed by atoms with Crippen LogP contribution in [0.3, 0.4) is 0 Å². The Morgan fingerprint density at radius 1 is 1.30 bits per heavy atom. The Morgan fingerprint density at radius 2 is 2.13 bits per heavy atom. The number of carboxylic acids is 1. The van der Waals surface area contributed by atoms with Gasteiger partial charge in [0.25, 0.3) is 0 Å². The molecule has 1 aromatic heterocycles. The molecule has 0 amide bonds. The van der Waals surface area contributed by atoms with E-state index in [4.69, 9.17) is 16.3 Å². The number of halogens is 1. The second kappa shape index (κ2) is 6.14. The van der Waals surface area contributed by atoms with Crippen LogP contribution in [-0.4, -0.2) is 23.0 Å². The van der Waals surface area contributed by atoms with Crippen molar-refractivity contribution >= 4 is 40.8 Å². The highest BCUT2D eigenvalue weighted by molar-refractivity contribution is 6.32. The SMILES string of the molecule is COc1ccc(/C=C/c2nc3c(C(=O)[O-])cccc3[nH]2)cc1Cl. The number of carbonyl (C=O) groups is 1. The van der Waals surface area contributed by atoms with Crippen LogP contribution < -0.4 is 9.84 Å². The zero-order chi connectivity index (χ0) is 16.4. The zero-order valence-electron chi connectivity index (χ0n) is 12.2. The van der Waals surface area contributed by atoms with Gasteiger partial charge in [-0.1, -0.05) is 35.9 Å². The molecular formula is C17H12ClN2O3-. The molecule has 0 aliphatic carbocycles. The summed E-state index contributed by atoms with van der Waals surface area (Å²) in [5, 5.41) is 11.6. The first-order valence-corrected chi connectivity index (χ1v) is 7.18. The molecular weight excluding hydrogens is 316 g/mol. The Labute approximate surface area is 137 Å². The Hall–Kier alpha value is -2.79.